The van der Waals surface area contributed by atoms with Gasteiger partial charge in [-0.05, 0) is 22.4 Å². The van der Waals surface area contributed by atoms with E-state index in [9.17, 15) is 4.79 Å². The van der Waals surface area contributed by atoms with Crippen LogP contribution in [0.3, 0.4) is 0 Å². The summed E-state index contributed by atoms with van der Waals surface area (Å²) in [4.78, 5) is 11.8. The van der Waals surface area contributed by atoms with Gasteiger partial charge in [-0.15, -0.1) is 6.58 Å². The van der Waals surface area contributed by atoms with Gasteiger partial charge in [0.05, 0.1) is 18.4 Å². The lowest BCUT2D eigenvalue weighted by Gasteiger charge is -2.08. The summed E-state index contributed by atoms with van der Waals surface area (Å²) in [6, 6.07) is 0.440. The van der Waals surface area contributed by atoms with Gasteiger partial charge in [0.2, 0.25) is 0 Å². The summed E-state index contributed by atoms with van der Waals surface area (Å²) >= 11 is 3.27. The Balaban J connectivity index is 2.24. The molecule has 86 valence electrons. The summed E-state index contributed by atoms with van der Waals surface area (Å²) in [6.45, 7) is 3.97. The van der Waals surface area contributed by atoms with Crippen molar-refractivity contribution in [3.05, 3.63) is 33.7 Å². The molecule has 1 aliphatic carbocycles. The molecule has 0 bridgehead atoms. The summed E-state index contributed by atoms with van der Waals surface area (Å²) in [5.41, 5.74) is 6.22. The molecule has 2 atom stereocenters. The maximum atomic E-state index is 11.8. The van der Waals surface area contributed by atoms with Crippen molar-refractivity contribution in [1.82, 2.24) is 9.78 Å². The fraction of sp³-hybridized carbons (Fsp3) is 0.400. The Morgan fingerprint density at radius 3 is 3.06 bits per heavy atom. The Kier molecular flexibility index (Phi) is 3.11. The van der Waals surface area contributed by atoms with E-state index in [2.05, 4.69) is 32.9 Å². The standard InChI is InChI=1S/C10H13BrN4O/c1-2-3-15-10(16)9(11)8(5-13-15)14-7-4-6(7)12/h2,5-7,14H,1,3-4,12H2. The molecule has 0 amide bonds. The van der Waals surface area contributed by atoms with Crippen molar-refractivity contribution in [2.75, 3.05) is 5.32 Å². The number of hydrogen-bond acceptors (Lipinski definition) is 4. The molecule has 0 saturated heterocycles. The fourth-order valence-corrected chi connectivity index (χ4v) is 1.82. The molecule has 16 heavy (non-hydrogen) atoms. The summed E-state index contributed by atoms with van der Waals surface area (Å²) in [6.07, 6.45) is 4.19. The highest BCUT2D eigenvalue weighted by Gasteiger charge is 2.33. The molecule has 0 spiro atoms. The smallest absolute Gasteiger partial charge is 0.283 e. The third-order valence-electron chi connectivity index (χ3n) is 2.47. The number of rotatable bonds is 4. The molecule has 1 fully saturated rings. The van der Waals surface area contributed by atoms with Gasteiger partial charge in [-0.2, -0.15) is 5.10 Å². The molecule has 1 heterocycles. The second-order valence-electron chi connectivity index (χ2n) is 3.80. The zero-order valence-electron chi connectivity index (χ0n) is 8.69. The van der Waals surface area contributed by atoms with Gasteiger partial charge in [-0.3, -0.25) is 4.79 Å². The highest BCUT2D eigenvalue weighted by atomic mass is 79.9. The minimum Gasteiger partial charge on any atom is -0.378 e. The largest absolute Gasteiger partial charge is 0.378 e. The second kappa shape index (κ2) is 4.39. The number of anilines is 1. The molecule has 0 aliphatic heterocycles. The minimum atomic E-state index is -0.167. The predicted molar refractivity (Wildman–Crippen MR) is 66.4 cm³/mol. The minimum absolute atomic E-state index is 0.167. The van der Waals surface area contributed by atoms with Crippen LogP contribution in [0.15, 0.2) is 28.1 Å². The highest BCUT2D eigenvalue weighted by Crippen LogP contribution is 2.26. The number of allylic oxidation sites excluding steroid dienone is 1. The second-order valence-corrected chi connectivity index (χ2v) is 4.59. The van der Waals surface area contributed by atoms with E-state index < -0.39 is 0 Å². The van der Waals surface area contributed by atoms with Gasteiger partial charge < -0.3 is 11.1 Å². The van der Waals surface area contributed by atoms with Gasteiger partial charge >= 0.3 is 0 Å². The van der Waals surface area contributed by atoms with Gasteiger partial charge in [0.15, 0.2) is 0 Å². The Bertz CT molecular complexity index is 470. The van der Waals surface area contributed by atoms with E-state index in [-0.39, 0.29) is 17.6 Å². The zero-order chi connectivity index (χ0) is 11.7. The van der Waals surface area contributed by atoms with Crippen LogP contribution in [0, 0.1) is 0 Å². The van der Waals surface area contributed by atoms with Crippen LogP contribution in [0.1, 0.15) is 6.42 Å². The lowest BCUT2D eigenvalue weighted by atomic mass is 10.4. The molecule has 3 N–H and O–H groups in total. The molecule has 0 radical (unpaired) electrons. The molecular weight excluding hydrogens is 272 g/mol. The van der Waals surface area contributed by atoms with E-state index in [1.165, 1.54) is 4.68 Å². The monoisotopic (exact) mass is 284 g/mol. The number of halogens is 1. The van der Waals surface area contributed by atoms with Gasteiger partial charge in [-0.1, -0.05) is 6.08 Å². The van der Waals surface area contributed by atoms with Crippen LogP contribution in [-0.2, 0) is 6.54 Å². The topological polar surface area (TPSA) is 72.9 Å². The SMILES string of the molecule is C=CCn1ncc(NC2CC2N)c(Br)c1=O. The number of nitrogens with one attached hydrogen (secondary N) is 1. The highest BCUT2D eigenvalue weighted by molar-refractivity contribution is 9.10. The van der Waals surface area contributed by atoms with Crippen LogP contribution in [0.4, 0.5) is 5.69 Å². The molecule has 6 heteroatoms. The van der Waals surface area contributed by atoms with Crippen LogP contribution in [0.25, 0.3) is 0 Å². The summed E-state index contributed by atoms with van der Waals surface area (Å²) in [7, 11) is 0. The molecule has 1 aromatic rings. The van der Waals surface area contributed by atoms with Crippen molar-refractivity contribution in [2.24, 2.45) is 5.73 Å². The summed E-state index contributed by atoms with van der Waals surface area (Å²) < 4.78 is 1.83. The van der Waals surface area contributed by atoms with Gasteiger partial charge in [0.1, 0.15) is 4.47 Å². The Hall–Kier alpha value is -1.14. The normalized spacial score (nSPS) is 22.9. The van der Waals surface area contributed by atoms with Gasteiger partial charge in [0.25, 0.3) is 5.56 Å². The number of aromatic nitrogens is 2. The van der Waals surface area contributed by atoms with Crippen LogP contribution in [0.2, 0.25) is 0 Å². The van der Waals surface area contributed by atoms with E-state index >= 15 is 0 Å². The first kappa shape index (κ1) is 11.3. The molecule has 0 aromatic carbocycles. The zero-order valence-corrected chi connectivity index (χ0v) is 10.3. The number of nitrogens with two attached hydrogens (primary N) is 1. The van der Waals surface area contributed by atoms with E-state index in [1.54, 1.807) is 12.3 Å². The van der Waals surface area contributed by atoms with Crippen molar-refractivity contribution >= 4 is 21.6 Å². The Labute approximate surface area is 101 Å². The third kappa shape index (κ3) is 2.17. The average Bonchev–Trinajstić information content (AvgIpc) is 2.94. The van der Waals surface area contributed by atoms with Crippen molar-refractivity contribution in [3.8, 4) is 0 Å². The maximum Gasteiger partial charge on any atom is 0.283 e. The van der Waals surface area contributed by atoms with E-state index in [4.69, 9.17) is 5.73 Å². The Morgan fingerprint density at radius 1 is 1.81 bits per heavy atom. The first-order valence-electron chi connectivity index (χ1n) is 5.02. The first-order chi connectivity index (χ1) is 7.63. The third-order valence-corrected chi connectivity index (χ3v) is 3.23. The van der Waals surface area contributed by atoms with E-state index in [0.29, 0.717) is 16.7 Å². The molecule has 2 unspecified atom stereocenters. The first-order valence-corrected chi connectivity index (χ1v) is 5.81. The predicted octanol–water partition coefficient (Wildman–Crippen LogP) is 0.703. The molecule has 2 rings (SSSR count). The fourth-order valence-electron chi connectivity index (χ4n) is 1.40. The van der Waals surface area contributed by atoms with Crippen molar-refractivity contribution in [2.45, 2.75) is 25.0 Å². The molecule has 5 nitrogen and oxygen atoms in total. The average molecular weight is 285 g/mol. The van der Waals surface area contributed by atoms with Crippen LogP contribution in [-0.4, -0.2) is 21.9 Å². The van der Waals surface area contributed by atoms with E-state index in [1.807, 2.05) is 0 Å². The maximum absolute atomic E-state index is 11.8. The number of nitrogens with zero attached hydrogens (tertiary/aromatic N) is 2. The summed E-state index contributed by atoms with van der Waals surface area (Å²) in [5.74, 6) is 0. The lowest BCUT2D eigenvalue weighted by molar-refractivity contribution is 0.648. The van der Waals surface area contributed by atoms with Crippen LogP contribution in [0.5, 0.6) is 0 Å². The van der Waals surface area contributed by atoms with Gasteiger partial charge in [0, 0.05) is 12.1 Å². The quantitative estimate of drug-likeness (QED) is 0.799. The molecule has 1 aromatic heterocycles. The molecule has 1 aliphatic rings. The van der Waals surface area contributed by atoms with E-state index in [0.717, 1.165) is 6.42 Å². The van der Waals surface area contributed by atoms with Gasteiger partial charge in [-0.25, -0.2) is 4.68 Å². The molecule has 1 saturated carbocycles. The van der Waals surface area contributed by atoms with Crippen LogP contribution >= 0.6 is 15.9 Å². The van der Waals surface area contributed by atoms with Crippen molar-refractivity contribution in [3.63, 3.8) is 0 Å². The van der Waals surface area contributed by atoms with Crippen molar-refractivity contribution < 1.29 is 0 Å². The summed E-state index contributed by atoms with van der Waals surface area (Å²) in [5, 5.41) is 7.20. The van der Waals surface area contributed by atoms with Crippen LogP contribution < -0.4 is 16.6 Å². The molecular formula is C10H13BrN4O. The Morgan fingerprint density at radius 2 is 2.50 bits per heavy atom. The number of hydrogen-bond donors (Lipinski definition) is 2. The lowest BCUT2D eigenvalue weighted by Crippen LogP contribution is -2.25. The van der Waals surface area contributed by atoms with Crippen molar-refractivity contribution in [1.29, 1.82) is 0 Å².